The van der Waals surface area contributed by atoms with Gasteiger partial charge in [-0.25, -0.2) is 4.98 Å². The molecule has 8 heteroatoms. The van der Waals surface area contributed by atoms with Gasteiger partial charge < -0.3 is 10.2 Å². The molecule has 1 aromatic rings. The standard InChI is InChI=1S/C12H18N6O2/c1-9(2)8-17(6-4-5-13)11-10(18(19)20)7-15-12(14-3)16-11/h7,9H,4,6,8H2,1-3H3,(H,14,15,16). The van der Waals surface area contributed by atoms with E-state index in [2.05, 4.69) is 15.3 Å². The van der Waals surface area contributed by atoms with Gasteiger partial charge in [-0.05, 0) is 5.92 Å². The maximum Gasteiger partial charge on any atom is 0.329 e. The Balaban J connectivity index is 3.20. The molecule has 0 saturated carbocycles. The molecule has 8 nitrogen and oxygen atoms in total. The Bertz CT molecular complexity index is 511. The van der Waals surface area contributed by atoms with Crippen LogP contribution in [-0.4, -0.2) is 35.0 Å². The topological polar surface area (TPSA) is 108 Å². The van der Waals surface area contributed by atoms with Crippen molar-refractivity contribution in [2.24, 2.45) is 5.92 Å². The Hall–Kier alpha value is -2.43. The van der Waals surface area contributed by atoms with Gasteiger partial charge in [0.25, 0.3) is 0 Å². The summed E-state index contributed by atoms with van der Waals surface area (Å²) < 4.78 is 0. The Morgan fingerprint density at radius 3 is 2.80 bits per heavy atom. The van der Waals surface area contributed by atoms with Crippen LogP contribution in [0, 0.1) is 27.4 Å². The first-order valence-electron chi connectivity index (χ1n) is 6.30. The largest absolute Gasteiger partial charge is 0.357 e. The molecule has 20 heavy (non-hydrogen) atoms. The first-order valence-corrected chi connectivity index (χ1v) is 6.30. The Kier molecular flexibility index (Phi) is 5.65. The summed E-state index contributed by atoms with van der Waals surface area (Å²) in [5.41, 5.74) is -0.150. The molecule has 0 bridgehead atoms. The molecule has 1 N–H and O–H groups in total. The van der Waals surface area contributed by atoms with E-state index < -0.39 is 4.92 Å². The van der Waals surface area contributed by atoms with Crippen molar-refractivity contribution in [1.82, 2.24) is 9.97 Å². The van der Waals surface area contributed by atoms with Crippen molar-refractivity contribution in [2.75, 3.05) is 30.4 Å². The number of nitriles is 1. The lowest BCUT2D eigenvalue weighted by Gasteiger charge is -2.24. The molecule has 0 aliphatic heterocycles. The van der Waals surface area contributed by atoms with Crippen LogP contribution in [0.25, 0.3) is 0 Å². The van der Waals surface area contributed by atoms with E-state index in [-0.39, 0.29) is 17.9 Å². The van der Waals surface area contributed by atoms with Gasteiger partial charge >= 0.3 is 5.69 Å². The average Bonchev–Trinajstić information content (AvgIpc) is 2.42. The van der Waals surface area contributed by atoms with Crippen molar-refractivity contribution < 1.29 is 4.92 Å². The van der Waals surface area contributed by atoms with Crippen LogP contribution in [-0.2, 0) is 0 Å². The molecule has 108 valence electrons. The van der Waals surface area contributed by atoms with Crippen LogP contribution < -0.4 is 10.2 Å². The average molecular weight is 278 g/mol. The van der Waals surface area contributed by atoms with Gasteiger partial charge in [0.2, 0.25) is 11.8 Å². The number of hydrogen-bond donors (Lipinski definition) is 1. The molecule has 1 rings (SSSR count). The second kappa shape index (κ2) is 7.23. The van der Waals surface area contributed by atoms with Crippen LogP contribution in [0.4, 0.5) is 17.5 Å². The van der Waals surface area contributed by atoms with Crippen molar-refractivity contribution in [1.29, 1.82) is 5.26 Å². The van der Waals surface area contributed by atoms with E-state index in [1.54, 1.807) is 11.9 Å². The summed E-state index contributed by atoms with van der Waals surface area (Å²) in [6.45, 7) is 5.00. The summed E-state index contributed by atoms with van der Waals surface area (Å²) in [5, 5.41) is 22.6. The fraction of sp³-hybridized carbons (Fsp3) is 0.583. The minimum absolute atomic E-state index is 0.150. The number of nitro groups is 1. The predicted octanol–water partition coefficient (Wildman–Crippen LogP) is 1.80. The highest BCUT2D eigenvalue weighted by molar-refractivity contribution is 5.59. The van der Waals surface area contributed by atoms with E-state index in [1.807, 2.05) is 19.9 Å². The molecule has 0 radical (unpaired) electrons. The third-order valence-electron chi connectivity index (χ3n) is 2.55. The van der Waals surface area contributed by atoms with E-state index in [1.165, 1.54) is 6.20 Å². The van der Waals surface area contributed by atoms with E-state index >= 15 is 0 Å². The SMILES string of the molecule is CNc1ncc([N+](=O)[O-])c(N(CCC#N)CC(C)C)n1. The maximum atomic E-state index is 11.1. The van der Waals surface area contributed by atoms with Gasteiger partial charge in [-0.1, -0.05) is 13.8 Å². The number of nitrogens with one attached hydrogen (secondary N) is 1. The molecule has 0 aliphatic rings. The molecule has 0 aromatic carbocycles. The molecule has 0 fully saturated rings. The summed E-state index contributed by atoms with van der Waals surface area (Å²) in [6.07, 6.45) is 1.47. The van der Waals surface area contributed by atoms with Crippen LogP contribution in [0.2, 0.25) is 0 Å². The summed E-state index contributed by atoms with van der Waals surface area (Å²) in [7, 11) is 1.65. The third kappa shape index (κ3) is 4.05. The van der Waals surface area contributed by atoms with Crippen LogP contribution in [0.15, 0.2) is 6.20 Å². The number of aromatic nitrogens is 2. The summed E-state index contributed by atoms with van der Waals surface area (Å²) >= 11 is 0. The molecular weight excluding hydrogens is 260 g/mol. The van der Waals surface area contributed by atoms with Gasteiger partial charge in [0.05, 0.1) is 17.4 Å². The molecule has 0 aliphatic carbocycles. The zero-order valence-corrected chi connectivity index (χ0v) is 11.8. The smallest absolute Gasteiger partial charge is 0.329 e. The second-order valence-corrected chi connectivity index (χ2v) is 4.66. The van der Waals surface area contributed by atoms with Crippen LogP contribution in [0.5, 0.6) is 0 Å². The number of hydrogen-bond acceptors (Lipinski definition) is 7. The Morgan fingerprint density at radius 1 is 1.60 bits per heavy atom. The number of anilines is 2. The molecule has 0 atom stereocenters. The van der Waals surface area contributed by atoms with E-state index in [9.17, 15) is 10.1 Å². The van der Waals surface area contributed by atoms with Crippen LogP contribution in [0.1, 0.15) is 20.3 Å². The molecule has 0 spiro atoms. The monoisotopic (exact) mass is 278 g/mol. The lowest BCUT2D eigenvalue weighted by molar-refractivity contribution is -0.384. The fourth-order valence-electron chi connectivity index (χ4n) is 1.76. The van der Waals surface area contributed by atoms with Gasteiger partial charge in [-0.15, -0.1) is 0 Å². The van der Waals surface area contributed by atoms with Gasteiger partial charge in [-0.2, -0.15) is 10.2 Å². The van der Waals surface area contributed by atoms with Crippen LogP contribution in [0.3, 0.4) is 0 Å². The summed E-state index contributed by atoms with van der Waals surface area (Å²) in [4.78, 5) is 20.4. The minimum atomic E-state index is -0.505. The molecule has 1 aromatic heterocycles. The van der Waals surface area contributed by atoms with Gasteiger partial charge in [0, 0.05) is 20.1 Å². The lowest BCUT2D eigenvalue weighted by atomic mass is 10.2. The van der Waals surface area contributed by atoms with E-state index in [0.717, 1.165) is 0 Å². The highest BCUT2D eigenvalue weighted by Crippen LogP contribution is 2.26. The zero-order chi connectivity index (χ0) is 15.1. The zero-order valence-electron chi connectivity index (χ0n) is 11.8. The summed E-state index contributed by atoms with van der Waals surface area (Å²) in [5.74, 6) is 0.857. The minimum Gasteiger partial charge on any atom is -0.357 e. The van der Waals surface area contributed by atoms with Crippen LogP contribution >= 0.6 is 0 Å². The highest BCUT2D eigenvalue weighted by atomic mass is 16.6. The van der Waals surface area contributed by atoms with Crippen molar-refractivity contribution in [3.63, 3.8) is 0 Å². The van der Waals surface area contributed by atoms with Crippen molar-refractivity contribution in [3.05, 3.63) is 16.3 Å². The second-order valence-electron chi connectivity index (χ2n) is 4.66. The number of rotatable bonds is 7. The molecule has 0 saturated heterocycles. The maximum absolute atomic E-state index is 11.1. The number of nitrogens with zero attached hydrogens (tertiary/aromatic N) is 5. The lowest BCUT2D eigenvalue weighted by Crippen LogP contribution is -2.30. The van der Waals surface area contributed by atoms with Gasteiger partial charge in [0.1, 0.15) is 6.20 Å². The van der Waals surface area contributed by atoms with Gasteiger partial charge in [-0.3, -0.25) is 10.1 Å². The molecular formula is C12H18N6O2. The van der Waals surface area contributed by atoms with Crippen molar-refractivity contribution in [3.8, 4) is 6.07 Å². The van der Waals surface area contributed by atoms with E-state index in [4.69, 9.17) is 5.26 Å². The van der Waals surface area contributed by atoms with Gasteiger partial charge in [0.15, 0.2) is 0 Å². The first-order chi connectivity index (χ1) is 9.49. The molecule has 1 heterocycles. The highest BCUT2D eigenvalue weighted by Gasteiger charge is 2.23. The quantitative estimate of drug-likeness (QED) is 0.598. The predicted molar refractivity (Wildman–Crippen MR) is 75.5 cm³/mol. The third-order valence-corrected chi connectivity index (χ3v) is 2.55. The van der Waals surface area contributed by atoms with E-state index in [0.29, 0.717) is 25.0 Å². The van der Waals surface area contributed by atoms with Crippen molar-refractivity contribution >= 4 is 17.5 Å². The Morgan fingerprint density at radius 2 is 2.30 bits per heavy atom. The molecule has 0 unspecified atom stereocenters. The first kappa shape index (κ1) is 15.6. The Labute approximate surface area is 117 Å². The fourth-order valence-corrected chi connectivity index (χ4v) is 1.76. The normalized spacial score (nSPS) is 10.2. The molecule has 0 amide bonds. The summed E-state index contributed by atoms with van der Waals surface area (Å²) in [6, 6.07) is 2.05. The van der Waals surface area contributed by atoms with Crippen molar-refractivity contribution in [2.45, 2.75) is 20.3 Å².